The summed E-state index contributed by atoms with van der Waals surface area (Å²) in [6.45, 7) is 2.19. The Labute approximate surface area is 152 Å². The summed E-state index contributed by atoms with van der Waals surface area (Å²) < 4.78 is 6.93. The van der Waals surface area contributed by atoms with Crippen molar-refractivity contribution in [1.82, 2.24) is 14.9 Å². The Morgan fingerprint density at radius 2 is 1.80 bits per heavy atom. The van der Waals surface area contributed by atoms with Crippen molar-refractivity contribution in [3.63, 3.8) is 0 Å². The summed E-state index contributed by atoms with van der Waals surface area (Å²) in [5.41, 5.74) is 2.18. The predicted octanol–water partition coefficient (Wildman–Crippen LogP) is 3.78. The fraction of sp³-hybridized carbons (Fsp3) is 0.263. The fourth-order valence-electron chi connectivity index (χ4n) is 2.62. The number of nitrogens with zero attached hydrogens (tertiary/aromatic N) is 3. The molecule has 2 N–H and O–H groups in total. The lowest BCUT2D eigenvalue weighted by atomic mass is 10.1. The number of para-hydroxylation sites is 1. The minimum absolute atomic E-state index is 0.386. The molecule has 1 heterocycles. The van der Waals surface area contributed by atoms with Gasteiger partial charge in [0.15, 0.2) is 5.82 Å². The molecule has 0 aliphatic carbocycles. The third-order valence-electron chi connectivity index (χ3n) is 4.00. The van der Waals surface area contributed by atoms with E-state index >= 15 is 0 Å². The monoisotopic (exact) mass is 354 g/mol. The van der Waals surface area contributed by atoms with E-state index < -0.39 is 0 Å². The van der Waals surface area contributed by atoms with Crippen LogP contribution in [0.3, 0.4) is 0 Å². The largest absolute Gasteiger partial charge is 0.496 e. The molecule has 130 valence electrons. The van der Waals surface area contributed by atoms with E-state index in [9.17, 15) is 0 Å². The van der Waals surface area contributed by atoms with E-state index in [0.717, 1.165) is 24.2 Å². The van der Waals surface area contributed by atoms with Gasteiger partial charge in [-0.25, -0.2) is 4.68 Å². The summed E-state index contributed by atoms with van der Waals surface area (Å²) in [6.07, 6.45) is 2.08. The first kappa shape index (κ1) is 17.4. The second-order valence-corrected chi connectivity index (χ2v) is 7.23. The van der Waals surface area contributed by atoms with Gasteiger partial charge in [0, 0.05) is 5.25 Å². The fourth-order valence-corrected chi connectivity index (χ4v) is 3.51. The van der Waals surface area contributed by atoms with Gasteiger partial charge in [-0.3, -0.25) is 0 Å². The Hall–Kier alpha value is -2.47. The van der Waals surface area contributed by atoms with Gasteiger partial charge in [0.25, 0.3) is 0 Å². The van der Waals surface area contributed by atoms with E-state index in [0.29, 0.717) is 16.2 Å². The highest BCUT2D eigenvalue weighted by atomic mass is 32.2. The van der Waals surface area contributed by atoms with Gasteiger partial charge >= 0.3 is 0 Å². The maximum absolute atomic E-state index is 6.23. The molecule has 0 bridgehead atoms. The molecular formula is C19H22N4OS. The van der Waals surface area contributed by atoms with Crippen LogP contribution in [-0.2, 0) is 6.42 Å². The van der Waals surface area contributed by atoms with Crippen LogP contribution in [0, 0.1) is 0 Å². The van der Waals surface area contributed by atoms with Crippen molar-refractivity contribution in [2.75, 3.05) is 13.0 Å². The van der Waals surface area contributed by atoms with Crippen molar-refractivity contribution < 1.29 is 4.74 Å². The number of aryl methyl sites for hydroxylation is 1. The summed E-state index contributed by atoms with van der Waals surface area (Å²) in [4.78, 5) is 0. The number of ether oxygens (including phenoxy) is 1. The minimum Gasteiger partial charge on any atom is -0.496 e. The second kappa shape index (κ2) is 8.07. The van der Waals surface area contributed by atoms with Gasteiger partial charge in [0.2, 0.25) is 5.16 Å². The van der Waals surface area contributed by atoms with Gasteiger partial charge < -0.3 is 10.6 Å². The first-order valence-electron chi connectivity index (χ1n) is 8.23. The Morgan fingerprint density at radius 1 is 1.08 bits per heavy atom. The van der Waals surface area contributed by atoms with Crippen LogP contribution in [0.15, 0.2) is 59.8 Å². The average Bonchev–Trinajstić information content (AvgIpc) is 3.01. The third kappa shape index (κ3) is 4.14. The predicted molar refractivity (Wildman–Crippen MR) is 102 cm³/mol. The first-order valence-corrected chi connectivity index (χ1v) is 9.11. The van der Waals surface area contributed by atoms with Gasteiger partial charge in [0.05, 0.1) is 12.7 Å². The van der Waals surface area contributed by atoms with Crippen LogP contribution < -0.4 is 10.6 Å². The molecule has 25 heavy (non-hydrogen) atoms. The quantitative estimate of drug-likeness (QED) is 0.517. The van der Waals surface area contributed by atoms with Gasteiger partial charge in [-0.05, 0) is 30.5 Å². The second-order valence-electron chi connectivity index (χ2n) is 5.83. The number of hydrogen-bond acceptors (Lipinski definition) is 5. The molecule has 0 amide bonds. The lowest BCUT2D eigenvalue weighted by Gasteiger charge is -2.11. The van der Waals surface area contributed by atoms with Crippen molar-refractivity contribution in [1.29, 1.82) is 0 Å². The van der Waals surface area contributed by atoms with E-state index in [1.807, 2.05) is 30.3 Å². The number of nitrogen functional groups attached to an aromatic ring is 1. The summed E-state index contributed by atoms with van der Waals surface area (Å²) in [6, 6.07) is 18.2. The molecule has 0 saturated carbocycles. The van der Waals surface area contributed by atoms with Crippen LogP contribution in [0.2, 0.25) is 0 Å². The molecule has 0 fully saturated rings. The lowest BCUT2D eigenvalue weighted by Crippen LogP contribution is -2.13. The number of thioether (sulfide) groups is 1. The molecule has 0 aliphatic heterocycles. The molecule has 5 nitrogen and oxygen atoms in total. The average molecular weight is 354 g/mol. The number of aromatic nitrogens is 3. The van der Waals surface area contributed by atoms with Gasteiger partial charge in [-0.15, -0.1) is 10.2 Å². The van der Waals surface area contributed by atoms with Crippen LogP contribution in [0.5, 0.6) is 5.75 Å². The summed E-state index contributed by atoms with van der Waals surface area (Å²) in [5, 5.41) is 9.61. The highest BCUT2D eigenvalue weighted by Gasteiger charge is 2.17. The van der Waals surface area contributed by atoms with E-state index in [1.54, 1.807) is 23.5 Å². The van der Waals surface area contributed by atoms with Crippen LogP contribution in [0.4, 0.5) is 0 Å². The summed E-state index contributed by atoms with van der Waals surface area (Å²) in [5.74, 6) is 7.57. The highest BCUT2D eigenvalue weighted by molar-refractivity contribution is 7.99. The molecule has 0 saturated heterocycles. The molecule has 3 rings (SSSR count). The molecule has 1 atom stereocenters. The van der Waals surface area contributed by atoms with Crippen LogP contribution in [0.25, 0.3) is 11.4 Å². The van der Waals surface area contributed by atoms with Gasteiger partial charge in [-0.1, -0.05) is 61.2 Å². The Kier molecular flexibility index (Phi) is 5.60. The van der Waals surface area contributed by atoms with E-state index in [2.05, 4.69) is 41.4 Å². The van der Waals surface area contributed by atoms with Crippen molar-refractivity contribution in [3.05, 3.63) is 60.2 Å². The third-order valence-corrected chi connectivity index (χ3v) is 5.13. The minimum atomic E-state index is 0.386. The molecule has 6 heteroatoms. The molecule has 1 unspecified atom stereocenters. The zero-order valence-corrected chi connectivity index (χ0v) is 15.2. The SMILES string of the molecule is COc1ccccc1-c1nnc(SC(C)CCc2ccccc2)n1N. The van der Waals surface area contributed by atoms with Crippen LogP contribution in [0.1, 0.15) is 18.9 Å². The summed E-state index contributed by atoms with van der Waals surface area (Å²) >= 11 is 1.64. The van der Waals surface area contributed by atoms with Gasteiger partial charge in [0.1, 0.15) is 5.75 Å². The normalized spacial score (nSPS) is 12.1. The molecule has 0 spiro atoms. The van der Waals surface area contributed by atoms with Gasteiger partial charge in [-0.2, -0.15) is 0 Å². The van der Waals surface area contributed by atoms with E-state index in [-0.39, 0.29) is 0 Å². The van der Waals surface area contributed by atoms with Crippen LogP contribution in [-0.4, -0.2) is 27.2 Å². The van der Waals surface area contributed by atoms with E-state index in [1.165, 1.54) is 5.56 Å². The number of nitrogens with two attached hydrogens (primary N) is 1. The van der Waals surface area contributed by atoms with Crippen molar-refractivity contribution in [2.45, 2.75) is 30.2 Å². The number of hydrogen-bond donors (Lipinski definition) is 1. The number of benzene rings is 2. The highest BCUT2D eigenvalue weighted by Crippen LogP contribution is 2.31. The maximum Gasteiger partial charge on any atom is 0.210 e. The Bertz CT molecular complexity index is 819. The molecule has 2 aromatic carbocycles. The lowest BCUT2D eigenvalue weighted by molar-refractivity contribution is 0.416. The topological polar surface area (TPSA) is 66.0 Å². The van der Waals surface area contributed by atoms with Crippen molar-refractivity contribution in [3.8, 4) is 17.1 Å². The standard InChI is InChI=1S/C19H22N4OS/c1-14(12-13-15-8-4-3-5-9-15)25-19-22-21-18(23(19)20)16-10-6-7-11-17(16)24-2/h3-11,14H,12-13,20H2,1-2H3. The number of rotatable bonds is 7. The van der Waals surface area contributed by atoms with Crippen LogP contribution >= 0.6 is 11.8 Å². The smallest absolute Gasteiger partial charge is 0.210 e. The molecule has 0 aliphatic rings. The molecule has 1 aromatic heterocycles. The van der Waals surface area contributed by atoms with Crippen molar-refractivity contribution >= 4 is 11.8 Å². The first-order chi connectivity index (χ1) is 12.2. The van der Waals surface area contributed by atoms with Crippen molar-refractivity contribution in [2.24, 2.45) is 0 Å². The molecular weight excluding hydrogens is 332 g/mol. The Balaban J connectivity index is 1.69. The zero-order valence-electron chi connectivity index (χ0n) is 14.4. The maximum atomic E-state index is 6.23. The molecule has 3 aromatic rings. The Morgan fingerprint density at radius 3 is 2.56 bits per heavy atom. The van der Waals surface area contributed by atoms with E-state index in [4.69, 9.17) is 10.6 Å². The molecule has 0 radical (unpaired) electrons. The zero-order chi connectivity index (χ0) is 17.6. The number of methoxy groups -OCH3 is 1. The summed E-state index contributed by atoms with van der Waals surface area (Å²) in [7, 11) is 1.64.